The van der Waals surface area contributed by atoms with E-state index in [9.17, 15) is 13.2 Å². The predicted molar refractivity (Wildman–Crippen MR) is 167 cm³/mol. The van der Waals surface area contributed by atoms with Crippen molar-refractivity contribution in [2.24, 2.45) is 33.9 Å². The van der Waals surface area contributed by atoms with E-state index in [0.29, 0.717) is 64.8 Å². The van der Waals surface area contributed by atoms with Gasteiger partial charge in [0, 0.05) is 28.7 Å². The van der Waals surface area contributed by atoms with Crippen molar-refractivity contribution in [3.8, 4) is 17.3 Å². The summed E-state index contributed by atoms with van der Waals surface area (Å²) in [6, 6.07) is 6.84. The minimum absolute atomic E-state index is 0.0198. The standard InChI is InChI=1S/C30H38N8O4S/c1-7-13-32-38(34-22-11-12-22)30(39)42-29-26(31-5)25(17-24-19(3)14-18(2)15-20(24)4)28-33-27(35-37(28)29)21-9-8-10-23(16-21)36-43(6,40)41/h8-10,13,16,18-20,24,36H,7,11-12,14-15,17H2,1-4,6H3,(H,33,35)/b32-13+. The minimum Gasteiger partial charge on any atom is -0.399 e. The average molecular weight is 607 g/mol. The topological polar surface area (TPSA) is 138 Å². The smallest absolute Gasteiger partial charge is 0.399 e. The molecule has 2 saturated carbocycles. The van der Waals surface area contributed by atoms with Gasteiger partial charge in [0.05, 0.1) is 12.8 Å². The Balaban J connectivity index is 1.60. The SMILES string of the molecule is [C-]#[N+]c1c(CC2C(C)CC(C)CC2C)c2nc(-c3cccc(NS(C)(=O)=O)c3)[nH]n2c1OC(=O)N(N=C1CC1)/N=C/CC. The molecule has 0 saturated heterocycles. The van der Waals surface area contributed by atoms with Gasteiger partial charge in [-0.25, -0.2) is 27.6 Å². The van der Waals surface area contributed by atoms with E-state index in [4.69, 9.17) is 16.3 Å². The van der Waals surface area contributed by atoms with E-state index in [1.54, 1.807) is 30.5 Å². The molecule has 1 amide bonds. The van der Waals surface area contributed by atoms with Gasteiger partial charge >= 0.3 is 6.09 Å². The first-order valence-electron chi connectivity index (χ1n) is 14.7. The summed E-state index contributed by atoms with van der Waals surface area (Å²) < 4.78 is 33.5. The number of H-pyrrole nitrogens is 1. The highest BCUT2D eigenvalue weighted by atomic mass is 32.2. The number of fused-ring (bicyclic) bond motifs is 1. The fraction of sp³-hybridized carbons (Fsp3) is 0.500. The Labute approximate surface area is 252 Å². The molecule has 2 atom stereocenters. The summed E-state index contributed by atoms with van der Waals surface area (Å²) in [4.78, 5) is 22.1. The van der Waals surface area contributed by atoms with Gasteiger partial charge in [0.15, 0.2) is 5.82 Å². The summed E-state index contributed by atoms with van der Waals surface area (Å²) in [5.41, 5.74) is 3.27. The molecule has 2 heterocycles. The van der Waals surface area contributed by atoms with Crippen LogP contribution in [0.5, 0.6) is 5.88 Å². The maximum absolute atomic E-state index is 13.4. The number of aromatic nitrogens is 3. The molecule has 0 radical (unpaired) electrons. The normalized spacial score (nSPS) is 22.0. The highest BCUT2D eigenvalue weighted by Gasteiger charge is 2.35. The molecule has 12 nitrogen and oxygen atoms in total. The van der Waals surface area contributed by atoms with Crippen LogP contribution in [0.25, 0.3) is 21.9 Å². The van der Waals surface area contributed by atoms with Crippen LogP contribution in [-0.4, -0.2) is 52.4 Å². The lowest BCUT2D eigenvalue weighted by molar-refractivity contribution is 0.136. The molecule has 0 spiro atoms. The Morgan fingerprint density at radius 2 is 2.00 bits per heavy atom. The second kappa shape index (κ2) is 12.2. The van der Waals surface area contributed by atoms with Crippen LogP contribution < -0.4 is 9.46 Å². The third-order valence-corrected chi connectivity index (χ3v) is 8.65. The molecule has 2 unspecified atom stereocenters. The first-order chi connectivity index (χ1) is 20.5. The Morgan fingerprint density at radius 3 is 2.63 bits per heavy atom. The van der Waals surface area contributed by atoms with E-state index in [0.717, 1.165) is 42.8 Å². The van der Waals surface area contributed by atoms with Crippen LogP contribution >= 0.6 is 0 Å². The van der Waals surface area contributed by atoms with E-state index < -0.39 is 16.1 Å². The zero-order chi connectivity index (χ0) is 30.9. The quantitative estimate of drug-likeness (QED) is 0.164. The lowest BCUT2D eigenvalue weighted by Gasteiger charge is -2.38. The van der Waals surface area contributed by atoms with Crippen LogP contribution in [0.2, 0.25) is 0 Å². The van der Waals surface area contributed by atoms with E-state index in [-0.39, 0.29) is 11.6 Å². The van der Waals surface area contributed by atoms with E-state index >= 15 is 0 Å². The van der Waals surface area contributed by atoms with Crippen molar-refractivity contribution in [2.75, 3.05) is 11.0 Å². The van der Waals surface area contributed by atoms with Gasteiger partial charge in [-0.15, -0.1) is 0 Å². The predicted octanol–water partition coefficient (Wildman–Crippen LogP) is 6.46. The molecular weight excluding hydrogens is 568 g/mol. The van der Waals surface area contributed by atoms with Gasteiger partial charge < -0.3 is 4.74 Å². The van der Waals surface area contributed by atoms with Crippen LogP contribution in [-0.2, 0) is 16.4 Å². The Kier molecular flexibility index (Phi) is 8.59. The molecule has 43 heavy (non-hydrogen) atoms. The summed E-state index contributed by atoms with van der Waals surface area (Å²) in [5, 5.41) is 12.6. The van der Waals surface area contributed by atoms with Crippen molar-refractivity contribution in [1.29, 1.82) is 0 Å². The number of carbonyl (C=O) groups excluding carboxylic acids is 1. The van der Waals surface area contributed by atoms with Gasteiger partial charge in [0.1, 0.15) is 5.65 Å². The third kappa shape index (κ3) is 6.91. The third-order valence-electron chi connectivity index (χ3n) is 8.04. The number of ether oxygens (including phenoxy) is 1. The highest BCUT2D eigenvalue weighted by molar-refractivity contribution is 7.92. The number of hydrogen-bond acceptors (Lipinski definition) is 7. The van der Waals surface area contributed by atoms with Crippen molar-refractivity contribution >= 4 is 45.1 Å². The number of amides is 1. The summed E-state index contributed by atoms with van der Waals surface area (Å²) in [6.45, 7) is 16.8. The Hall–Kier alpha value is -4.18. The molecule has 0 aliphatic heterocycles. The number of hydrogen-bond donors (Lipinski definition) is 2. The molecule has 0 bridgehead atoms. The maximum atomic E-state index is 13.4. The first-order valence-corrected chi connectivity index (χ1v) is 16.6. The number of hydrazone groups is 2. The fourth-order valence-electron chi connectivity index (χ4n) is 6.10. The zero-order valence-electron chi connectivity index (χ0n) is 25.2. The molecule has 2 fully saturated rings. The molecule has 13 heteroatoms. The van der Waals surface area contributed by atoms with Crippen molar-refractivity contribution in [2.45, 2.75) is 66.2 Å². The molecule has 2 aromatic heterocycles. The van der Waals surface area contributed by atoms with E-state index in [2.05, 4.69) is 45.6 Å². The van der Waals surface area contributed by atoms with Crippen LogP contribution in [0, 0.1) is 30.2 Å². The lowest BCUT2D eigenvalue weighted by Crippen LogP contribution is -2.30. The van der Waals surface area contributed by atoms with Crippen molar-refractivity contribution in [3.05, 3.63) is 41.2 Å². The number of anilines is 1. The van der Waals surface area contributed by atoms with Crippen LogP contribution in [0.4, 0.5) is 16.2 Å². The van der Waals surface area contributed by atoms with Gasteiger partial charge in [-0.05, 0) is 74.3 Å². The van der Waals surface area contributed by atoms with Crippen LogP contribution in [0.15, 0.2) is 34.5 Å². The van der Waals surface area contributed by atoms with E-state index in [1.807, 2.05) is 6.92 Å². The summed E-state index contributed by atoms with van der Waals surface area (Å²) >= 11 is 0. The number of sulfonamides is 1. The number of nitrogens with zero attached hydrogens (tertiary/aromatic N) is 6. The number of benzene rings is 1. The summed E-state index contributed by atoms with van der Waals surface area (Å²) in [7, 11) is -3.48. The fourth-order valence-corrected chi connectivity index (χ4v) is 6.66. The molecule has 2 N–H and O–H groups in total. The number of nitrogens with one attached hydrogen (secondary N) is 2. The number of aromatic amines is 1. The Bertz CT molecular complexity index is 1710. The number of carbonyl (C=O) groups is 1. The number of rotatable bonds is 9. The summed E-state index contributed by atoms with van der Waals surface area (Å²) in [6.07, 6.45) is 6.85. The van der Waals surface area contributed by atoms with Gasteiger partial charge in [-0.2, -0.15) is 10.2 Å². The largest absolute Gasteiger partial charge is 0.457 e. The molecule has 2 aliphatic carbocycles. The first kappa shape index (κ1) is 30.3. The lowest BCUT2D eigenvalue weighted by atomic mass is 9.67. The molecule has 5 rings (SSSR count). The monoisotopic (exact) mass is 606 g/mol. The Morgan fingerprint density at radius 1 is 1.28 bits per heavy atom. The molecule has 228 valence electrons. The zero-order valence-corrected chi connectivity index (χ0v) is 26.0. The second-order valence-electron chi connectivity index (χ2n) is 11.9. The molecule has 2 aliphatic rings. The van der Waals surface area contributed by atoms with Gasteiger partial charge in [0.2, 0.25) is 15.9 Å². The van der Waals surface area contributed by atoms with Crippen molar-refractivity contribution in [3.63, 3.8) is 0 Å². The molecular formula is C30H38N8O4S. The minimum atomic E-state index is -3.48. The van der Waals surface area contributed by atoms with Crippen molar-refractivity contribution in [1.82, 2.24) is 19.7 Å². The highest BCUT2D eigenvalue weighted by Crippen LogP contribution is 2.45. The van der Waals surface area contributed by atoms with E-state index in [1.165, 1.54) is 4.52 Å². The van der Waals surface area contributed by atoms with Crippen LogP contribution in [0.1, 0.15) is 65.4 Å². The molecule has 1 aromatic carbocycles. The van der Waals surface area contributed by atoms with Gasteiger partial charge in [-0.1, -0.05) is 44.9 Å². The average Bonchev–Trinajstić information content (AvgIpc) is 3.58. The molecule has 3 aromatic rings. The second-order valence-corrected chi connectivity index (χ2v) is 13.6. The van der Waals surface area contributed by atoms with Gasteiger partial charge in [0.25, 0.3) is 5.69 Å². The summed E-state index contributed by atoms with van der Waals surface area (Å²) in [5.74, 6) is 2.30. The van der Waals surface area contributed by atoms with Gasteiger partial charge in [-0.3, -0.25) is 9.82 Å². The van der Waals surface area contributed by atoms with Crippen molar-refractivity contribution < 1.29 is 17.9 Å². The van der Waals surface area contributed by atoms with Crippen LogP contribution in [0.3, 0.4) is 0 Å². The maximum Gasteiger partial charge on any atom is 0.457 e.